The first-order valence-electron chi connectivity index (χ1n) is 30.5. The molecule has 2 unspecified atom stereocenters. The molecule has 0 spiro atoms. The Kier molecular flexibility index (Phi) is 52.8. The SMILES string of the molecule is CC/C=C\C/C=C\C/C=C\C/C=C\C/C=C\CCCCCCCCCCCCCC(=O)OC(COC(=O)CCCCCCCCCCCCCCCCCCCCCCCC)COP(=O)([O-])OCC[N+](C)(C)C. The summed E-state index contributed by atoms with van der Waals surface area (Å²) in [5.74, 6) is -0.826. The highest BCUT2D eigenvalue weighted by atomic mass is 31.2. The third-order valence-corrected chi connectivity index (χ3v) is 14.3. The molecule has 0 amide bonds. The molecule has 2 atom stereocenters. The van der Waals surface area contributed by atoms with Crippen molar-refractivity contribution in [3.8, 4) is 0 Å². The molecular formula is C63H116NO8P. The van der Waals surface area contributed by atoms with Crippen molar-refractivity contribution in [2.75, 3.05) is 47.5 Å². The zero-order valence-electron chi connectivity index (χ0n) is 48.3. The van der Waals surface area contributed by atoms with Crippen LogP contribution in [-0.2, 0) is 32.7 Å². The summed E-state index contributed by atoms with van der Waals surface area (Å²) < 4.78 is 34.2. The Morgan fingerprint density at radius 1 is 0.438 bits per heavy atom. The highest BCUT2D eigenvalue weighted by molar-refractivity contribution is 7.45. The first-order valence-corrected chi connectivity index (χ1v) is 32.0. The maximum Gasteiger partial charge on any atom is 0.306 e. The van der Waals surface area contributed by atoms with Crippen LogP contribution in [0.1, 0.15) is 277 Å². The van der Waals surface area contributed by atoms with Crippen LogP contribution in [0.2, 0.25) is 0 Å². The molecule has 0 saturated heterocycles. The molecule has 0 aromatic heterocycles. The predicted molar refractivity (Wildman–Crippen MR) is 310 cm³/mol. The molecule has 0 radical (unpaired) electrons. The molecule has 73 heavy (non-hydrogen) atoms. The predicted octanol–water partition coefficient (Wildman–Crippen LogP) is 18.5. The molecule has 0 N–H and O–H groups in total. The summed E-state index contributed by atoms with van der Waals surface area (Å²) >= 11 is 0. The fraction of sp³-hybridized carbons (Fsp3) is 0.810. The van der Waals surface area contributed by atoms with E-state index < -0.39 is 26.5 Å². The van der Waals surface area contributed by atoms with Gasteiger partial charge in [-0.05, 0) is 57.8 Å². The second-order valence-electron chi connectivity index (χ2n) is 21.7. The van der Waals surface area contributed by atoms with E-state index in [0.29, 0.717) is 17.4 Å². The van der Waals surface area contributed by atoms with E-state index in [1.54, 1.807) is 0 Å². The molecule has 0 bridgehead atoms. The van der Waals surface area contributed by atoms with Crippen LogP contribution in [0.3, 0.4) is 0 Å². The van der Waals surface area contributed by atoms with Gasteiger partial charge >= 0.3 is 11.9 Å². The van der Waals surface area contributed by atoms with Crippen LogP contribution in [0.25, 0.3) is 0 Å². The number of allylic oxidation sites excluding steroid dienone is 10. The van der Waals surface area contributed by atoms with Gasteiger partial charge in [-0.25, -0.2) is 0 Å². The largest absolute Gasteiger partial charge is 0.756 e. The van der Waals surface area contributed by atoms with Gasteiger partial charge < -0.3 is 27.9 Å². The first kappa shape index (κ1) is 70.7. The van der Waals surface area contributed by atoms with Crippen LogP contribution in [0.5, 0.6) is 0 Å². The van der Waals surface area contributed by atoms with Gasteiger partial charge in [0.1, 0.15) is 19.8 Å². The van der Waals surface area contributed by atoms with Crippen molar-refractivity contribution in [2.45, 2.75) is 283 Å². The van der Waals surface area contributed by atoms with E-state index in [1.165, 1.54) is 167 Å². The fourth-order valence-corrected chi connectivity index (χ4v) is 9.36. The van der Waals surface area contributed by atoms with Gasteiger partial charge in [0.05, 0.1) is 27.7 Å². The average molecular weight is 1050 g/mol. The minimum absolute atomic E-state index is 0.0315. The van der Waals surface area contributed by atoms with Gasteiger partial charge in [-0.15, -0.1) is 0 Å². The average Bonchev–Trinajstić information content (AvgIpc) is 3.35. The van der Waals surface area contributed by atoms with Crippen molar-refractivity contribution < 1.29 is 42.1 Å². The van der Waals surface area contributed by atoms with Crippen molar-refractivity contribution in [2.24, 2.45) is 0 Å². The highest BCUT2D eigenvalue weighted by Gasteiger charge is 2.22. The molecule has 10 heteroatoms. The number of phosphoric acid groups is 1. The first-order chi connectivity index (χ1) is 35.5. The lowest BCUT2D eigenvalue weighted by Crippen LogP contribution is -2.37. The number of likely N-dealkylation sites (N-methyl/N-ethyl adjacent to an activating group) is 1. The van der Waals surface area contributed by atoms with Crippen LogP contribution in [-0.4, -0.2) is 70.0 Å². The van der Waals surface area contributed by atoms with Crippen molar-refractivity contribution in [1.29, 1.82) is 0 Å². The Bertz CT molecular complexity index is 1420. The Labute approximate surface area is 451 Å². The Hall–Kier alpha value is -2.29. The molecule has 0 saturated carbocycles. The normalized spacial score (nSPS) is 13.7. The summed E-state index contributed by atoms with van der Waals surface area (Å²) in [7, 11) is 1.17. The number of unbranched alkanes of at least 4 members (excludes halogenated alkanes) is 32. The molecule has 0 fully saturated rings. The second-order valence-corrected chi connectivity index (χ2v) is 23.1. The van der Waals surface area contributed by atoms with E-state index in [2.05, 4.69) is 74.6 Å². The minimum atomic E-state index is -4.64. The summed E-state index contributed by atoms with van der Waals surface area (Å²) in [5, 5.41) is 0. The summed E-state index contributed by atoms with van der Waals surface area (Å²) in [4.78, 5) is 37.9. The Balaban J connectivity index is 4.13. The lowest BCUT2D eigenvalue weighted by Gasteiger charge is -2.28. The van der Waals surface area contributed by atoms with Gasteiger partial charge in [0.15, 0.2) is 6.10 Å². The van der Waals surface area contributed by atoms with Gasteiger partial charge in [0, 0.05) is 12.8 Å². The molecule has 426 valence electrons. The number of ether oxygens (including phenoxy) is 2. The quantitative estimate of drug-likeness (QED) is 0.0195. The number of phosphoric ester groups is 1. The number of hydrogen-bond acceptors (Lipinski definition) is 8. The third-order valence-electron chi connectivity index (χ3n) is 13.3. The van der Waals surface area contributed by atoms with E-state index in [4.69, 9.17) is 18.5 Å². The monoisotopic (exact) mass is 1050 g/mol. The van der Waals surface area contributed by atoms with Crippen LogP contribution in [0.4, 0.5) is 0 Å². The van der Waals surface area contributed by atoms with Crippen LogP contribution in [0.15, 0.2) is 60.8 Å². The summed E-state index contributed by atoms with van der Waals surface area (Å²) in [5.41, 5.74) is 0. The van der Waals surface area contributed by atoms with Crippen molar-refractivity contribution >= 4 is 19.8 Å². The summed E-state index contributed by atoms with van der Waals surface area (Å²) in [6.07, 6.45) is 69.8. The number of carbonyl (C=O) groups is 2. The van der Waals surface area contributed by atoms with Gasteiger partial charge in [0.2, 0.25) is 0 Å². The van der Waals surface area contributed by atoms with Crippen LogP contribution >= 0.6 is 7.82 Å². The molecule has 0 heterocycles. The summed E-state index contributed by atoms with van der Waals surface area (Å²) in [6.45, 7) is 4.16. The molecule has 0 aliphatic carbocycles. The maximum atomic E-state index is 12.8. The summed E-state index contributed by atoms with van der Waals surface area (Å²) in [6, 6.07) is 0. The Morgan fingerprint density at radius 2 is 0.781 bits per heavy atom. The molecule has 0 aliphatic heterocycles. The maximum absolute atomic E-state index is 12.8. The lowest BCUT2D eigenvalue weighted by molar-refractivity contribution is -0.870. The minimum Gasteiger partial charge on any atom is -0.756 e. The lowest BCUT2D eigenvalue weighted by atomic mass is 10.0. The number of rotatable bonds is 56. The van der Waals surface area contributed by atoms with Gasteiger partial charge in [-0.3, -0.25) is 14.2 Å². The van der Waals surface area contributed by atoms with Crippen molar-refractivity contribution in [3.63, 3.8) is 0 Å². The number of nitrogens with zero attached hydrogens (tertiary/aromatic N) is 1. The highest BCUT2D eigenvalue weighted by Crippen LogP contribution is 2.38. The molecule has 0 aliphatic rings. The number of carbonyl (C=O) groups excluding carboxylic acids is 2. The zero-order chi connectivity index (χ0) is 53.5. The van der Waals surface area contributed by atoms with E-state index in [9.17, 15) is 19.0 Å². The fourth-order valence-electron chi connectivity index (χ4n) is 8.63. The number of quaternary nitrogens is 1. The molecule has 0 aromatic carbocycles. The molecule has 9 nitrogen and oxygen atoms in total. The standard InChI is InChI=1S/C63H116NO8P/c1-6-8-10-12-14-16-18-20-22-24-26-28-30-31-32-33-34-36-38-40-42-44-46-48-50-52-54-56-63(66)72-61(60-71-73(67,68)70-58-57-64(3,4)5)59-69-62(65)55-53-51-49-47-45-43-41-39-37-35-29-27-25-23-21-19-17-15-13-11-9-7-2/h8,10,14,16,20,22,26,28,31-32,61H,6-7,9,11-13,15,17-19,21,23-25,27,29-30,33-60H2,1-5H3/b10-8-,16-14-,22-20-,28-26-,32-31-. The van der Waals surface area contributed by atoms with Gasteiger partial charge in [-0.1, -0.05) is 267 Å². The van der Waals surface area contributed by atoms with E-state index >= 15 is 0 Å². The second kappa shape index (κ2) is 54.5. The molecular weight excluding hydrogens is 930 g/mol. The van der Waals surface area contributed by atoms with Crippen LogP contribution in [0, 0.1) is 0 Å². The molecule has 0 aromatic rings. The molecule has 0 rings (SSSR count). The van der Waals surface area contributed by atoms with E-state index in [1.807, 2.05) is 21.1 Å². The smallest absolute Gasteiger partial charge is 0.306 e. The van der Waals surface area contributed by atoms with E-state index in [-0.39, 0.29) is 32.0 Å². The van der Waals surface area contributed by atoms with Gasteiger partial charge in [-0.2, -0.15) is 0 Å². The third kappa shape index (κ3) is 58.8. The number of esters is 2. The Morgan fingerprint density at radius 3 is 1.16 bits per heavy atom. The zero-order valence-corrected chi connectivity index (χ0v) is 49.2. The van der Waals surface area contributed by atoms with Gasteiger partial charge in [0.25, 0.3) is 7.82 Å². The topological polar surface area (TPSA) is 111 Å². The number of hydrogen-bond donors (Lipinski definition) is 0. The van der Waals surface area contributed by atoms with Crippen molar-refractivity contribution in [1.82, 2.24) is 0 Å². The van der Waals surface area contributed by atoms with E-state index in [0.717, 1.165) is 77.0 Å². The van der Waals surface area contributed by atoms with Crippen LogP contribution < -0.4 is 4.89 Å². The van der Waals surface area contributed by atoms with Crippen molar-refractivity contribution in [3.05, 3.63) is 60.8 Å².